The number of nitrogens with zero attached hydrogens (tertiary/aromatic N) is 2. The van der Waals surface area contributed by atoms with Crippen LogP contribution in [-0.2, 0) is 0 Å². The van der Waals surface area contributed by atoms with Gasteiger partial charge in [0, 0.05) is 44.0 Å². The summed E-state index contributed by atoms with van der Waals surface area (Å²) in [6.45, 7) is 4.30. The highest BCUT2D eigenvalue weighted by molar-refractivity contribution is 5.91. The molecular weight excluding hydrogens is 309 g/mol. The van der Waals surface area contributed by atoms with Gasteiger partial charge in [0.15, 0.2) is 17.0 Å². The molecule has 6 heteroatoms. The highest BCUT2D eigenvalue weighted by Gasteiger charge is 2.30. The predicted octanol–water partition coefficient (Wildman–Crippen LogP) is 2.28. The van der Waals surface area contributed by atoms with Crippen molar-refractivity contribution in [2.24, 2.45) is 0 Å². The molecule has 1 aliphatic carbocycles. The average molecular weight is 331 g/mol. The normalized spacial score (nSPS) is 21.3. The summed E-state index contributed by atoms with van der Waals surface area (Å²) in [5.74, 6) is 0.0859. The molecule has 0 unspecified atom stereocenters. The Bertz CT molecular complexity index is 844. The van der Waals surface area contributed by atoms with Crippen LogP contribution in [0.4, 0.5) is 10.1 Å². The number of aromatic nitrogens is 1. The number of ether oxygens (including phenoxy) is 1. The van der Waals surface area contributed by atoms with Gasteiger partial charge in [0.2, 0.25) is 0 Å². The second-order valence-corrected chi connectivity index (χ2v) is 6.76. The number of hydrogen-bond acceptors (Lipinski definition) is 4. The predicted molar refractivity (Wildman–Crippen MR) is 92.7 cm³/mol. The van der Waals surface area contributed by atoms with Gasteiger partial charge in [-0.2, -0.15) is 0 Å². The SMILES string of the molecule is COc1c(N2CCN[C@H](C)C2)c(F)cc2c(=O)ccn(C3CC3)c12. The first kappa shape index (κ1) is 15.4. The van der Waals surface area contributed by atoms with Crippen molar-refractivity contribution in [2.45, 2.75) is 31.8 Å². The molecule has 1 atom stereocenters. The van der Waals surface area contributed by atoms with Crippen molar-refractivity contribution in [2.75, 3.05) is 31.6 Å². The largest absolute Gasteiger partial charge is 0.492 e. The smallest absolute Gasteiger partial charge is 0.189 e. The zero-order valence-corrected chi connectivity index (χ0v) is 14.0. The lowest BCUT2D eigenvalue weighted by Gasteiger charge is -2.35. The van der Waals surface area contributed by atoms with Crippen molar-refractivity contribution in [3.63, 3.8) is 0 Å². The number of anilines is 1. The van der Waals surface area contributed by atoms with E-state index in [0.29, 0.717) is 36.0 Å². The summed E-state index contributed by atoms with van der Waals surface area (Å²) in [6.07, 6.45) is 3.98. The molecule has 1 N–H and O–H groups in total. The molecular formula is C18H22FN3O2. The molecule has 5 nitrogen and oxygen atoms in total. The zero-order chi connectivity index (χ0) is 16.8. The van der Waals surface area contributed by atoms with Gasteiger partial charge in [0.05, 0.1) is 18.0 Å². The van der Waals surface area contributed by atoms with Crippen LogP contribution >= 0.6 is 0 Å². The number of rotatable bonds is 3. The van der Waals surface area contributed by atoms with Crippen LogP contribution in [0.25, 0.3) is 10.9 Å². The van der Waals surface area contributed by atoms with Crippen molar-refractivity contribution in [3.8, 4) is 5.75 Å². The molecule has 0 amide bonds. The van der Waals surface area contributed by atoms with Crippen LogP contribution < -0.4 is 20.4 Å². The number of hydrogen-bond donors (Lipinski definition) is 1. The van der Waals surface area contributed by atoms with Crippen LogP contribution in [0.2, 0.25) is 0 Å². The van der Waals surface area contributed by atoms with E-state index >= 15 is 0 Å². The van der Waals surface area contributed by atoms with E-state index in [2.05, 4.69) is 16.8 Å². The Labute approximate surface area is 140 Å². The van der Waals surface area contributed by atoms with Gasteiger partial charge in [-0.05, 0) is 25.8 Å². The molecule has 1 saturated heterocycles. The van der Waals surface area contributed by atoms with Gasteiger partial charge >= 0.3 is 0 Å². The van der Waals surface area contributed by atoms with E-state index < -0.39 is 0 Å². The molecule has 2 fully saturated rings. The van der Waals surface area contributed by atoms with Gasteiger partial charge in [-0.25, -0.2) is 4.39 Å². The summed E-state index contributed by atoms with van der Waals surface area (Å²) in [4.78, 5) is 14.3. The molecule has 4 rings (SSSR count). The summed E-state index contributed by atoms with van der Waals surface area (Å²) >= 11 is 0. The maximum atomic E-state index is 14.9. The third kappa shape index (κ3) is 2.45. The van der Waals surface area contributed by atoms with E-state index in [-0.39, 0.29) is 17.3 Å². The lowest BCUT2D eigenvalue weighted by Crippen LogP contribution is -2.49. The molecule has 1 aliphatic heterocycles. The number of fused-ring (bicyclic) bond motifs is 1. The topological polar surface area (TPSA) is 46.5 Å². The van der Waals surface area contributed by atoms with Gasteiger partial charge in [-0.1, -0.05) is 0 Å². The van der Waals surface area contributed by atoms with Crippen LogP contribution in [-0.4, -0.2) is 37.4 Å². The lowest BCUT2D eigenvalue weighted by molar-refractivity contribution is 0.407. The summed E-state index contributed by atoms with van der Waals surface area (Å²) < 4.78 is 22.6. The summed E-state index contributed by atoms with van der Waals surface area (Å²) in [5.41, 5.74) is 1.02. The Morgan fingerprint density at radius 2 is 2.17 bits per heavy atom. The van der Waals surface area contributed by atoms with E-state index in [0.717, 1.165) is 24.9 Å². The molecule has 1 saturated carbocycles. The summed E-state index contributed by atoms with van der Waals surface area (Å²) in [6, 6.07) is 3.55. The summed E-state index contributed by atoms with van der Waals surface area (Å²) in [5, 5.41) is 3.76. The Kier molecular flexibility index (Phi) is 3.72. The van der Waals surface area contributed by atoms with Crippen LogP contribution in [0.5, 0.6) is 5.75 Å². The summed E-state index contributed by atoms with van der Waals surface area (Å²) in [7, 11) is 1.55. The second-order valence-electron chi connectivity index (χ2n) is 6.76. The van der Waals surface area contributed by atoms with Gasteiger partial charge in [-0.3, -0.25) is 4.79 Å². The van der Waals surface area contributed by atoms with Crippen LogP contribution in [0.15, 0.2) is 23.1 Å². The first-order valence-corrected chi connectivity index (χ1v) is 8.50. The fraction of sp³-hybridized carbons (Fsp3) is 0.500. The Balaban J connectivity index is 1.98. The van der Waals surface area contributed by atoms with Gasteiger partial charge in [0.1, 0.15) is 5.69 Å². The molecule has 2 aliphatic rings. The molecule has 0 spiro atoms. The molecule has 0 radical (unpaired) electrons. The minimum Gasteiger partial charge on any atom is -0.492 e. The van der Waals surface area contributed by atoms with Crippen molar-refractivity contribution < 1.29 is 9.13 Å². The fourth-order valence-corrected chi connectivity index (χ4v) is 3.64. The van der Waals surface area contributed by atoms with E-state index in [1.165, 1.54) is 12.1 Å². The third-order valence-corrected chi connectivity index (χ3v) is 4.92. The van der Waals surface area contributed by atoms with Gasteiger partial charge in [-0.15, -0.1) is 0 Å². The minimum absolute atomic E-state index is 0.167. The number of nitrogens with one attached hydrogen (secondary N) is 1. The number of halogens is 1. The van der Waals surface area contributed by atoms with E-state index in [1.807, 2.05) is 11.1 Å². The van der Waals surface area contributed by atoms with Gasteiger partial charge in [0.25, 0.3) is 0 Å². The van der Waals surface area contributed by atoms with E-state index in [4.69, 9.17) is 4.74 Å². The fourth-order valence-electron chi connectivity index (χ4n) is 3.64. The quantitative estimate of drug-likeness (QED) is 0.937. The molecule has 128 valence electrons. The van der Waals surface area contributed by atoms with Crippen molar-refractivity contribution in [1.82, 2.24) is 9.88 Å². The third-order valence-electron chi connectivity index (χ3n) is 4.92. The first-order valence-electron chi connectivity index (χ1n) is 8.50. The molecule has 2 aromatic rings. The minimum atomic E-state index is -0.390. The Morgan fingerprint density at radius 1 is 1.38 bits per heavy atom. The van der Waals surface area contributed by atoms with E-state index in [9.17, 15) is 9.18 Å². The van der Waals surface area contributed by atoms with Gasteiger partial charge < -0.3 is 19.5 Å². The zero-order valence-electron chi connectivity index (χ0n) is 14.0. The van der Waals surface area contributed by atoms with Crippen molar-refractivity contribution in [3.05, 3.63) is 34.4 Å². The molecule has 0 bridgehead atoms. The van der Waals surface area contributed by atoms with Crippen molar-refractivity contribution >= 4 is 16.6 Å². The standard InChI is InChI=1S/C18H22FN3O2/c1-11-10-21(8-6-20-11)17-14(19)9-13-15(23)5-7-22(12-3-4-12)16(13)18(17)24-2/h5,7,9,11-12,20H,3-4,6,8,10H2,1-2H3/t11-/m1/s1. The monoisotopic (exact) mass is 331 g/mol. The number of benzene rings is 1. The number of piperazine rings is 1. The Morgan fingerprint density at radius 3 is 2.83 bits per heavy atom. The first-order chi connectivity index (χ1) is 11.6. The average Bonchev–Trinajstić information content (AvgIpc) is 3.39. The number of methoxy groups -OCH3 is 1. The maximum absolute atomic E-state index is 14.9. The molecule has 2 heterocycles. The van der Waals surface area contributed by atoms with Crippen LogP contribution in [0.3, 0.4) is 0 Å². The van der Waals surface area contributed by atoms with Crippen LogP contribution in [0, 0.1) is 5.82 Å². The molecule has 1 aromatic carbocycles. The van der Waals surface area contributed by atoms with Crippen LogP contribution in [0.1, 0.15) is 25.8 Å². The molecule has 1 aromatic heterocycles. The Hall–Kier alpha value is -2.08. The lowest BCUT2D eigenvalue weighted by atomic mass is 10.1. The highest BCUT2D eigenvalue weighted by Crippen LogP contribution is 2.43. The van der Waals surface area contributed by atoms with Crippen molar-refractivity contribution in [1.29, 1.82) is 0 Å². The molecule has 24 heavy (non-hydrogen) atoms. The second kappa shape index (κ2) is 5.77. The number of pyridine rings is 1. The highest BCUT2D eigenvalue weighted by atomic mass is 19.1. The van der Waals surface area contributed by atoms with E-state index in [1.54, 1.807) is 7.11 Å². The maximum Gasteiger partial charge on any atom is 0.189 e.